The lowest BCUT2D eigenvalue weighted by Crippen LogP contribution is -2.11. The van der Waals surface area contributed by atoms with E-state index in [4.69, 9.17) is 16.9 Å². The summed E-state index contributed by atoms with van der Waals surface area (Å²) in [6, 6.07) is 8.70. The number of hydrogen-bond acceptors (Lipinski definition) is 3. The van der Waals surface area contributed by atoms with E-state index in [0.717, 1.165) is 0 Å². The molecule has 2 aromatic rings. The summed E-state index contributed by atoms with van der Waals surface area (Å²) >= 11 is 5.82. The fraction of sp³-hybridized carbons (Fsp3) is 0. The molecule has 5 heteroatoms. The first-order chi connectivity index (χ1) is 7.70. The molecule has 78 valence electrons. The fourth-order valence-electron chi connectivity index (χ4n) is 1.26. The van der Waals surface area contributed by atoms with Gasteiger partial charge < -0.3 is 4.98 Å². The minimum atomic E-state index is -0.451. The monoisotopic (exact) mass is 231 g/mol. The van der Waals surface area contributed by atoms with E-state index in [-0.39, 0.29) is 5.56 Å². The first-order valence-electron chi connectivity index (χ1n) is 4.46. The van der Waals surface area contributed by atoms with E-state index in [2.05, 4.69) is 9.97 Å². The number of nitriles is 1. The van der Waals surface area contributed by atoms with Crippen LogP contribution in [0.1, 0.15) is 5.56 Å². The molecule has 0 saturated carbocycles. The van der Waals surface area contributed by atoms with Crippen molar-refractivity contribution in [1.82, 2.24) is 9.97 Å². The topological polar surface area (TPSA) is 69.5 Å². The highest BCUT2D eigenvalue weighted by atomic mass is 35.5. The van der Waals surface area contributed by atoms with Crippen LogP contribution in [-0.2, 0) is 0 Å². The van der Waals surface area contributed by atoms with Gasteiger partial charge in [0.05, 0.1) is 6.20 Å². The molecule has 16 heavy (non-hydrogen) atoms. The van der Waals surface area contributed by atoms with E-state index in [1.54, 1.807) is 30.3 Å². The zero-order valence-electron chi connectivity index (χ0n) is 8.07. The Balaban J connectivity index is 2.55. The predicted octanol–water partition coefficient (Wildman–Crippen LogP) is 1.96. The molecule has 0 aliphatic rings. The molecule has 0 amide bonds. The summed E-state index contributed by atoms with van der Waals surface area (Å²) in [5, 5.41) is 9.15. The van der Waals surface area contributed by atoms with Crippen molar-refractivity contribution in [2.24, 2.45) is 0 Å². The van der Waals surface area contributed by atoms with E-state index >= 15 is 0 Å². The number of hydrogen-bond donors (Lipinski definition) is 1. The first-order valence-corrected chi connectivity index (χ1v) is 4.84. The maximum absolute atomic E-state index is 11.4. The second kappa shape index (κ2) is 4.17. The molecule has 4 nitrogen and oxygen atoms in total. The lowest BCUT2D eigenvalue weighted by molar-refractivity contribution is 1.11. The average Bonchev–Trinajstić information content (AvgIpc) is 2.29. The highest BCUT2D eigenvalue weighted by molar-refractivity contribution is 6.30. The number of benzene rings is 1. The van der Waals surface area contributed by atoms with Gasteiger partial charge in [0.25, 0.3) is 5.56 Å². The van der Waals surface area contributed by atoms with Crippen molar-refractivity contribution in [1.29, 1.82) is 5.26 Å². The third-order valence-electron chi connectivity index (χ3n) is 2.02. The summed E-state index contributed by atoms with van der Waals surface area (Å²) in [4.78, 5) is 17.9. The lowest BCUT2D eigenvalue weighted by atomic mass is 10.2. The molecule has 1 N–H and O–H groups in total. The maximum Gasteiger partial charge on any atom is 0.269 e. The van der Waals surface area contributed by atoms with Crippen molar-refractivity contribution in [3.8, 4) is 17.5 Å². The van der Waals surface area contributed by atoms with Gasteiger partial charge in [-0.3, -0.25) is 4.79 Å². The van der Waals surface area contributed by atoms with Crippen LogP contribution >= 0.6 is 11.6 Å². The second-order valence-corrected chi connectivity index (χ2v) is 3.53. The van der Waals surface area contributed by atoms with Gasteiger partial charge in [0.1, 0.15) is 17.5 Å². The van der Waals surface area contributed by atoms with E-state index in [0.29, 0.717) is 16.4 Å². The smallest absolute Gasteiger partial charge is 0.269 e. The SMILES string of the molecule is N#Cc1cnc(-c2cccc(Cl)c2)[nH]c1=O. The van der Waals surface area contributed by atoms with Gasteiger partial charge in [-0.25, -0.2) is 4.98 Å². The van der Waals surface area contributed by atoms with Crippen molar-refractivity contribution in [2.45, 2.75) is 0 Å². The Morgan fingerprint density at radius 2 is 2.25 bits per heavy atom. The van der Waals surface area contributed by atoms with Crippen molar-refractivity contribution in [3.63, 3.8) is 0 Å². The minimum Gasteiger partial charge on any atom is -0.305 e. The summed E-state index contributed by atoms with van der Waals surface area (Å²) < 4.78 is 0. The Morgan fingerprint density at radius 3 is 2.88 bits per heavy atom. The van der Waals surface area contributed by atoms with Crippen LogP contribution in [0, 0.1) is 11.3 Å². The van der Waals surface area contributed by atoms with Gasteiger partial charge in [-0.1, -0.05) is 23.7 Å². The summed E-state index contributed by atoms with van der Waals surface area (Å²) in [5.74, 6) is 0.395. The largest absolute Gasteiger partial charge is 0.305 e. The van der Waals surface area contributed by atoms with Gasteiger partial charge in [0, 0.05) is 10.6 Å². The number of nitrogens with one attached hydrogen (secondary N) is 1. The molecule has 0 aliphatic carbocycles. The normalized spacial score (nSPS) is 9.75. The number of aromatic nitrogens is 2. The van der Waals surface area contributed by atoms with Gasteiger partial charge in [0.15, 0.2) is 0 Å². The van der Waals surface area contributed by atoms with Crippen LogP contribution < -0.4 is 5.56 Å². The summed E-state index contributed by atoms with van der Waals surface area (Å²) in [6.07, 6.45) is 1.25. The third kappa shape index (κ3) is 1.95. The summed E-state index contributed by atoms with van der Waals surface area (Å²) in [6.45, 7) is 0. The van der Waals surface area contributed by atoms with Gasteiger partial charge in [-0.2, -0.15) is 5.26 Å². The van der Waals surface area contributed by atoms with E-state index in [1.165, 1.54) is 6.20 Å². The van der Waals surface area contributed by atoms with Crippen LogP contribution in [0.3, 0.4) is 0 Å². The fourth-order valence-corrected chi connectivity index (χ4v) is 1.45. The predicted molar refractivity (Wildman–Crippen MR) is 60.0 cm³/mol. The molecule has 0 saturated heterocycles. The average molecular weight is 232 g/mol. The van der Waals surface area contributed by atoms with Crippen molar-refractivity contribution >= 4 is 11.6 Å². The number of aromatic amines is 1. The molecule has 1 aromatic heterocycles. The zero-order valence-corrected chi connectivity index (χ0v) is 8.82. The van der Waals surface area contributed by atoms with E-state index < -0.39 is 5.56 Å². The molecule has 1 heterocycles. The van der Waals surface area contributed by atoms with Gasteiger partial charge in [0.2, 0.25) is 0 Å². The van der Waals surface area contributed by atoms with Crippen LogP contribution in [0.5, 0.6) is 0 Å². The Bertz CT molecular complexity index is 628. The van der Waals surface area contributed by atoms with Gasteiger partial charge in [-0.05, 0) is 12.1 Å². The van der Waals surface area contributed by atoms with Crippen molar-refractivity contribution in [2.75, 3.05) is 0 Å². The van der Waals surface area contributed by atoms with E-state index in [1.807, 2.05) is 0 Å². The first kappa shape index (κ1) is 10.4. The Hall–Kier alpha value is -2.12. The number of halogens is 1. The Morgan fingerprint density at radius 1 is 1.44 bits per heavy atom. The molecule has 1 aromatic carbocycles. The molecular weight excluding hydrogens is 226 g/mol. The molecular formula is C11H6ClN3O. The Labute approximate surface area is 96.2 Å². The van der Waals surface area contributed by atoms with E-state index in [9.17, 15) is 4.79 Å². The highest BCUT2D eigenvalue weighted by Crippen LogP contribution is 2.17. The van der Waals surface area contributed by atoms with Crippen LogP contribution in [0.4, 0.5) is 0 Å². The molecule has 0 aliphatic heterocycles. The number of H-pyrrole nitrogens is 1. The second-order valence-electron chi connectivity index (χ2n) is 3.10. The van der Waals surface area contributed by atoms with Crippen LogP contribution in [0.25, 0.3) is 11.4 Å². The molecule has 0 unspecified atom stereocenters. The molecule has 0 radical (unpaired) electrons. The molecule has 0 spiro atoms. The standard InChI is InChI=1S/C11H6ClN3O/c12-9-3-1-2-7(4-9)10-14-6-8(5-13)11(16)15-10/h1-4,6H,(H,14,15,16). The molecule has 0 atom stereocenters. The quantitative estimate of drug-likeness (QED) is 0.816. The zero-order chi connectivity index (χ0) is 11.5. The molecule has 0 bridgehead atoms. The summed E-state index contributed by atoms with van der Waals surface area (Å²) in [5.41, 5.74) is 0.243. The molecule has 0 fully saturated rings. The third-order valence-corrected chi connectivity index (χ3v) is 2.25. The molecule has 2 rings (SSSR count). The lowest BCUT2D eigenvalue weighted by Gasteiger charge is -2.00. The van der Waals surface area contributed by atoms with Crippen LogP contribution in [0.15, 0.2) is 35.3 Å². The van der Waals surface area contributed by atoms with Crippen LogP contribution in [0.2, 0.25) is 5.02 Å². The number of rotatable bonds is 1. The number of nitrogens with zero attached hydrogens (tertiary/aromatic N) is 2. The summed E-state index contributed by atoms with van der Waals surface area (Å²) in [7, 11) is 0. The van der Waals surface area contributed by atoms with Gasteiger partial charge >= 0.3 is 0 Å². The van der Waals surface area contributed by atoms with Crippen LogP contribution in [-0.4, -0.2) is 9.97 Å². The van der Waals surface area contributed by atoms with Crippen molar-refractivity contribution in [3.05, 3.63) is 51.4 Å². The highest BCUT2D eigenvalue weighted by Gasteiger charge is 2.04. The minimum absolute atomic E-state index is 0.00854. The van der Waals surface area contributed by atoms with Crippen molar-refractivity contribution < 1.29 is 0 Å². The van der Waals surface area contributed by atoms with Gasteiger partial charge in [-0.15, -0.1) is 0 Å². The Kier molecular flexibility index (Phi) is 2.71. The maximum atomic E-state index is 11.4.